The van der Waals surface area contributed by atoms with E-state index in [-0.39, 0.29) is 5.91 Å². The Kier molecular flexibility index (Phi) is 9.91. The van der Waals surface area contributed by atoms with Crippen LogP contribution < -0.4 is 16.0 Å². The number of likely N-dealkylation sites (tertiary alicyclic amines) is 2. The third-order valence-corrected chi connectivity index (χ3v) is 5.75. The summed E-state index contributed by atoms with van der Waals surface area (Å²) in [5.41, 5.74) is 0. The summed E-state index contributed by atoms with van der Waals surface area (Å²) in [5.74, 6) is 1.06. The molecule has 2 rings (SSSR count). The zero-order chi connectivity index (χ0) is 19.5. The van der Waals surface area contributed by atoms with E-state index < -0.39 is 0 Å². The fourth-order valence-corrected chi connectivity index (χ4v) is 4.07. The molecule has 0 bridgehead atoms. The number of piperidine rings is 2. The Morgan fingerprint density at radius 1 is 1.07 bits per heavy atom. The molecule has 2 aliphatic rings. The molecule has 2 aliphatic heterocycles. The molecule has 2 saturated heterocycles. The summed E-state index contributed by atoms with van der Waals surface area (Å²) in [6.07, 6.45) is 7.02. The van der Waals surface area contributed by atoms with Crippen molar-refractivity contribution in [1.29, 1.82) is 0 Å². The van der Waals surface area contributed by atoms with Gasteiger partial charge >= 0.3 is 0 Å². The number of carbonyl (C=O) groups excluding carboxylic acids is 1. The van der Waals surface area contributed by atoms with Gasteiger partial charge < -0.3 is 16.0 Å². The van der Waals surface area contributed by atoms with E-state index in [4.69, 9.17) is 0 Å². The first-order chi connectivity index (χ1) is 13.2. The number of carbonyl (C=O) groups is 1. The number of aliphatic imine (C=N–C) groups is 1. The zero-order valence-electron chi connectivity index (χ0n) is 17.6. The van der Waals surface area contributed by atoms with Crippen LogP contribution in [0, 0.1) is 0 Å². The van der Waals surface area contributed by atoms with Crippen LogP contribution >= 0.6 is 0 Å². The van der Waals surface area contributed by atoms with Gasteiger partial charge in [0.1, 0.15) is 0 Å². The lowest BCUT2D eigenvalue weighted by Crippen LogP contribution is -2.53. The van der Waals surface area contributed by atoms with Crippen LogP contribution in [0.3, 0.4) is 0 Å². The highest BCUT2D eigenvalue weighted by molar-refractivity contribution is 5.80. The lowest BCUT2D eigenvalue weighted by atomic mass is 10.0. The fourth-order valence-electron chi connectivity index (χ4n) is 4.07. The maximum Gasteiger partial charge on any atom is 0.234 e. The lowest BCUT2D eigenvalue weighted by molar-refractivity contribution is -0.122. The highest BCUT2D eigenvalue weighted by Crippen LogP contribution is 2.16. The van der Waals surface area contributed by atoms with E-state index in [0.29, 0.717) is 18.6 Å². The van der Waals surface area contributed by atoms with Gasteiger partial charge in [0, 0.05) is 45.3 Å². The minimum atomic E-state index is 0.147. The number of hydrogen-bond acceptors (Lipinski definition) is 4. The second-order valence-electron chi connectivity index (χ2n) is 7.78. The summed E-state index contributed by atoms with van der Waals surface area (Å²) in [5, 5.41) is 10.1. The normalized spacial score (nSPS) is 23.2. The molecular weight excluding hydrogens is 340 g/mol. The van der Waals surface area contributed by atoms with Crippen LogP contribution in [0.25, 0.3) is 0 Å². The summed E-state index contributed by atoms with van der Waals surface area (Å²) in [4.78, 5) is 21.1. The van der Waals surface area contributed by atoms with Crippen molar-refractivity contribution in [1.82, 2.24) is 25.8 Å². The second-order valence-corrected chi connectivity index (χ2v) is 7.78. The molecule has 0 radical (unpaired) electrons. The molecule has 1 amide bonds. The van der Waals surface area contributed by atoms with Gasteiger partial charge in [-0.15, -0.1) is 0 Å². The van der Waals surface area contributed by atoms with Gasteiger partial charge in [0.05, 0.1) is 6.54 Å². The summed E-state index contributed by atoms with van der Waals surface area (Å²) >= 11 is 0. The smallest absolute Gasteiger partial charge is 0.234 e. The van der Waals surface area contributed by atoms with E-state index in [0.717, 1.165) is 57.9 Å². The minimum Gasteiger partial charge on any atom is -0.355 e. The van der Waals surface area contributed by atoms with E-state index >= 15 is 0 Å². The van der Waals surface area contributed by atoms with Crippen LogP contribution in [0.1, 0.15) is 52.4 Å². The largest absolute Gasteiger partial charge is 0.355 e. The Hall–Kier alpha value is -1.34. The number of guanidine groups is 1. The van der Waals surface area contributed by atoms with Crippen molar-refractivity contribution in [2.24, 2.45) is 4.99 Å². The molecule has 7 nitrogen and oxygen atoms in total. The molecular formula is C20H40N6O. The molecule has 1 unspecified atom stereocenters. The SMILES string of the molecule is CCCNC(=O)CN1CCC(NC(=NC)NCC2CCCCN2CC)CC1. The number of hydrogen-bond donors (Lipinski definition) is 3. The number of likely N-dealkylation sites (N-methyl/N-ethyl adjacent to an activating group) is 1. The zero-order valence-corrected chi connectivity index (χ0v) is 17.6. The Bertz CT molecular complexity index is 461. The summed E-state index contributed by atoms with van der Waals surface area (Å²) in [6.45, 7) is 10.9. The number of nitrogens with zero attached hydrogens (tertiary/aromatic N) is 3. The lowest BCUT2D eigenvalue weighted by Gasteiger charge is -2.36. The van der Waals surface area contributed by atoms with E-state index in [9.17, 15) is 4.79 Å². The molecule has 0 saturated carbocycles. The quantitative estimate of drug-likeness (QED) is 0.433. The second kappa shape index (κ2) is 12.2. The van der Waals surface area contributed by atoms with Crippen molar-refractivity contribution in [3.8, 4) is 0 Å². The molecule has 156 valence electrons. The molecule has 0 spiro atoms. The van der Waals surface area contributed by atoms with Crippen molar-refractivity contribution in [2.45, 2.75) is 64.5 Å². The number of rotatable bonds is 8. The first-order valence-electron chi connectivity index (χ1n) is 10.9. The van der Waals surface area contributed by atoms with Gasteiger partial charge in [0.2, 0.25) is 5.91 Å². The van der Waals surface area contributed by atoms with Gasteiger partial charge in [0.25, 0.3) is 0 Å². The molecule has 0 aromatic rings. The topological polar surface area (TPSA) is 72.0 Å². The Morgan fingerprint density at radius 2 is 1.85 bits per heavy atom. The third-order valence-electron chi connectivity index (χ3n) is 5.75. The third kappa shape index (κ3) is 7.66. The van der Waals surface area contributed by atoms with Crippen LogP contribution in [0.2, 0.25) is 0 Å². The van der Waals surface area contributed by atoms with Gasteiger partial charge in [-0.1, -0.05) is 20.3 Å². The van der Waals surface area contributed by atoms with Crippen molar-refractivity contribution >= 4 is 11.9 Å². The molecule has 27 heavy (non-hydrogen) atoms. The molecule has 2 fully saturated rings. The van der Waals surface area contributed by atoms with Crippen molar-refractivity contribution < 1.29 is 4.79 Å². The summed E-state index contributed by atoms with van der Waals surface area (Å²) < 4.78 is 0. The fraction of sp³-hybridized carbons (Fsp3) is 0.900. The first-order valence-corrected chi connectivity index (χ1v) is 10.9. The van der Waals surface area contributed by atoms with Crippen LogP contribution in [-0.2, 0) is 4.79 Å². The molecule has 0 aliphatic carbocycles. The first kappa shape index (κ1) is 22.0. The van der Waals surface area contributed by atoms with E-state index in [1.165, 1.54) is 25.8 Å². The molecule has 0 aromatic carbocycles. The molecule has 3 N–H and O–H groups in total. The van der Waals surface area contributed by atoms with Crippen LogP contribution in [0.4, 0.5) is 0 Å². The predicted octanol–water partition coefficient (Wildman–Crippen LogP) is 1.02. The van der Waals surface area contributed by atoms with Crippen molar-refractivity contribution in [3.05, 3.63) is 0 Å². The maximum atomic E-state index is 11.9. The Balaban J connectivity index is 1.67. The van der Waals surface area contributed by atoms with Gasteiger partial charge in [-0.25, -0.2) is 0 Å². The van der Waals surface area contributed by atoms with Crippen LogP contribution in [0.15, 0.2) is 4.99 Å². The number of amides is 1. The van der Waals surface area contributed by atoms with Crippen molar-refractivity contribution in [3.63, 3.8) is 0 Å². The Morgan fingerprint density at radius 3 is 2.52 bits per heavy atom. The Labute approximate surface area is 165 Å². The van der Waals surface area contributed by atoms with Gasteiger partial charge in [-0.3, -0.25) is 19.6 Å². The van der Waals surface area contributed by atoms with E-state index in [1.807, 2.05) is 7.05 Å². The van der Waals surface area contributed by atoms with Crippen LogP contribution in [0.5, 0.6) is 0 Å². The highest BCUT2D eigenvalue weighted by atomic mass is 16.2. The van der Waals surface area contributed by atoms with Gasteiger partial charge in [-0.05, 0) is 45.2 Å². The van der Waals surface area contributed by atoms with Crippen molar-refractivity contribution in [2.75, 3.05) is 52.9 Å². The average molecular weight is 381 g/mol. The molecule has 7 heteroatoms. The minimum absolute atomic E-state index is 0.147. The molecule has 0 aromatic heterocycles. The van der Waals surface area contributed by atoms with E-state index in [1.54, 1.807) is 0 Å². The number of nitrogens with one attached hydrogen (secondary N) is 3. The van der Waals surface area contributed by atoms with Gasteiger partial charge in [0.15, 0.2) is 5.96 Å². The standard InChI is InChI=1S/C20H40N6O/c1-4-11-22-19(27)16-25-13-9-17(10-14-25)24-20(21-3)23-15-18-8-6-7-12-26(18)5-2/h17-18H,4-16H2,1-3H3,(H,22,27)(H2,21,23,24). The highest BCUT2D eigenvalue weighted by Gasteiger charge is 2.23. The predicted molar refractivity (Wildman–Crippen MR) is 112 cm³/mol. The maximum absolute atomic E-state index is 11.9. The average Bonchev–Trinajstić information content (AvgIpc) is 2.71. The monoisotopic (exact) mass is 380 g/mol. The molecule has 1 atom stereocenters. The van der Waals surface area contributed by atoms with Crippen LogP contribution in [-0.4, -0.2) is 86.6 Å². The molecule has 2 heterocycles. The summed E-state index contributed by atoms with van der Waals surface area (Å²) in [6, 6.07) is 1.05. The summed E-state index contributed by atoms with van der Waals surface area (Å²) in [7, 11) is 1.85. The van der Waals surface area contributed by atoms with E-state index in [2.05, 4.69) is 44.6 Å². The van der Waals surface area contributed by atoms with Gasteiger partial charge in [-0.2, -0.15) is 0 Å².